The fraction of sp³-hybridized carbons (Fsp3) is 0.258. The van der Waals surface area contributed by atoms with E-state index in [1.54, 1.807) is 25.1 Å². The summed E-state index contributed by atoms with van der Waals surface area (Å²) in [6.45, 7) is 7.48. The molecule has 0 aliphatic heterocycles. The monoisotopic (exact) mass is 495 g/mol. The maximum absolute atomic E-state index is 14.8. The molecule has 0 fully saturated rings. The van der Waals surface area contributed by atoms with E-state index in [2.05, 4.69) is 13.0 Å². The van der Waals surface area contributed by atoms with Crippen molar-refractivity contribution in [1.82, 2.24) is 9.55 Å². The quantitative estimate of drug-likeness (QED) is 0.278. The Hall–Kier alpha value is -4.24. The van der Waals surface area contributed by atoms with Gasteiger partial charge in [-0.05, 0) is 62.1 Å². The van der Waals surface area contributed by atoms with Crippen LogP contribution in [0, 0.1) is 24.1 Å². The summed E-state index contributed by atoms with van der Waals surface area (Å²) < 4.78 is 21.7. The summed E-state index contributed by atoms with van der Waals surface area (Å²) in [5.41, 5.74) is 4.95. The van der Waals surface area contributed by atoms with Crippen LogP contribution >= 0.6 is 0 Å². The molecule has 0 N–H and O–H groups in total. The van der Waals surface area contributed by atoms with Crippen LogP contribution in [0.1, 0.15) is 55.4 Å². The summed E-state index contributed by atoms with van der Waals surface area (Å²) >= 11 is 0. The van der Waals surface area contributed by atoms with Gasteiger partial charge in [-0.15, -0.1) is 0 Å². The van der Waals surface area contributed by atoms with Crippen LogP contribution in [0.15, 0.2) is 71.5 Å². The zero-order chi connectivity index (χ0) is 26.5. The molecule has 4 rings (SSSR count). The molecule has 0 aliphatic rings. The van der Waals surface area contributed by atoms with E-state index < -0.39 is 5.82 Å². The van der Waals surface area contributed by atoms with Crippen LogP contribution in [-0.4, -0.2) is 15.7 Å². The molecule has 0 amide bonds. The van der Waals surface area contributed by atoms with Crippen molar-refractivity contribution in [3.8, 4) is 28.6 Å². The van der Waals surface area contributed by atoms with Gasteiger partial charge in [0.15, 0.2) is 11.6 Å². The normalized spacial score (nSPS) is 10.9. The highest BCUT2D eigenvalue weighted by atomic mass is 19.1. The fourth-order valence-electron chi connectivity index (χ4n) is 4.46. The van der Waals surface area contributed by atoms with Gasteiger partial charge < -0.3 is 4.74 Å². The number of benzene rings is 3. The Bertz CT molecular complexity index is 1520. The Morgan fingerprint density at radius 3 is 2.46 bits per heavy atom. The standard InChI is InChI=1S/C31H30FN3O2/c1-5-8-29-27(17-22-11-13-23(14-12-22)26-10-7-6-9-24(26)19-33)31(36)35(21(4)34-29)25-15-16-30(28(32)18-25)37-20(2)3/h6-7,9-16,18,20H,5,8,17H2,1-4H3. The summed E-state index contributed by atoms with van der Waals surface area (Å²) in [5.74, 6) is 0.140. The average Bonchev–Trinajstić information content (AvgIpc) is 2.88. The maximum Gasteiger partial charge on any atom is 0.261 e. The Labute approximate surface area is 216 Å². The number of rotatable bonds is 8. The SMILES string of the molecule is CCCc1nc(C)n(-c2ccc(OC(C)C)c(F)c2)c(=O)c1Cc1ccc(-c2ccccc2C#N)cc1. The van der Waals surface area contributed by atoms with Crippen molar-refractivity contribution in [2.24, 2.45) is 0 Å². The molecule has 0 aliphatic carbocycles. The summed E-state index contributed by atoms with van der Waals surface area (Å²) in [4.78, 5) is 18.5. The molecule has 4 aromatic rings. The number of nitriles is 1. The van der Waals surface area contributed by atoms with Gasteiger partial charge in [0.1, 0.15) is 5.82 Å². The lowest BCUT2D eigenvalue weighted by atomic mass is 9.97. The van der Waals surface area contributed by atoms with Gasteiger partial charge in [-0.25, -0.2) is 9.37 Å². The molecule has 188 valence electrons. The molecule has 1 aromatic heterocycles. The first-order valence-corrected chi connectivity index (χ1v) is 12.5. The first-order chi connectivity index (χ1) is 17.8. The van der Waals surface area contributed by atoms with E-state index in [1.165, 1.54) is 10.6 Å². The van der Waals surface area contributed by atoms with Gasteiger partial charge in [-0.3, -0.25) is 9.36 Å². The van der Waals surface area contributed by atoms with Gasteiger partial charge in [-0.2, -0.15) is 5.26 Å². The van der Waals surface area contributed by atoms with E-state index in [1.807, 2.05) is 56.3 Å². The molecule has 3 aromatic carbocycles. The highest BCUT2D eigenvalue weighted by molar-refractivity contribution is 5.70. The lowest BCUT2D eigenvalue weighted by molar-refractivity contribution is 0.231. The number of aryl methyl sites for hydroxylation is 2. The zero-order valence-electron chi connectivity index (χ0n) is 21.6. The van der Waals surface area contributed by atoms with E-state index in [4.69, 9.17) is 9.72 Å². The number of halogens is 1. The van der Waals surface area contributed by atoms with Crippen LogP contribution in [-0.2, 0) is 12.8 Å². The van der Waals surface area contributed by atoms with Gasteiger partial charge in [0.25, 0.3) is 5.56 Å². The molecule has 0 saturated carbocycles. The molecule has 0 unspecified atom stereocenters. The highest BCUT2D eigenvalue weighted by Crippen LogP contribution is 2.25. The second-order valence-corrected chi connectivity index (χ2v) is 9.29. The van der Waals surface area contributed by atoms with Crippen molar-refractivity contribution < 1.29 is 9.13 Å². The van der Waals surface area contributed by atoms with Gasteiger partial charge >= 0.3 is 0 Å². The van der Waals surface area contributed by atoms with Gasteiger partial charge in [0.2, 0.25) is 0 Å². The molecule has 0 radical (unpaired) electrons. The fourth-order valence-corrected chi connectivity index (χ4v) is 4.46. The molecule has 37 heavy (non-hydrogen) atoms. The lowest BCUT2D eigenvalue weighted by Gasteiger charge is -2.17. The molecular formula is C31H30FN3O2. The Kier molecular flexibility index (Phi) is 7.83. The molecule has 0 spiro atoms. The van der Waals surface area contributed by atoms with Crippen LogP contribution in [0.4, 0.5) is 4.39 Å². The number of aromatic nitrogens is 2. The maximum atomic E-state index is 14.8. The average molecular weight is 496 g/mol. The zero-order valence-corrected chi connectivity index (χ0v) is 21.6. The van der Waals surface area contributed by atoms with Crippen LogP contribution in [0.2, 0.25) is 0 Å². The Balaban J connectivity index is 1.73. The third kappa shape index (κ3) is 5.62. The molecule has 0 saturated heterocycles. The summed E-state index contributed by atoms with van der Waals surface area (Å²) in [5, 5.41) is 9.43. The minimum atomic E-state index is -0.523. The third-order valence-electron chi connectivity index (χ3n) is 6.15. The van der Waals surface area contributed by atoms with E-state index in [0.29, 0.717) is 35.5 Å². The van der Waals surface area contributed by atoms with Crippen LogP contribution < -0.4 is 10.3 Å². The van der Waals surface area contributed by atoms with Crippen LogP contribution in [0.25, 0.3) is 16.8 Å². The summed E-state index contributed by atoms with van der Waals surface area (Å²) in [7, 11) is 0. The van der Waals surface area contributed by atoms with Crippen molar-refractivity contribution in [2.75, 3.05) is 0 Å². The molecule has 5 nitrogen and oxygen atoms in total. The first-order valence-electron chi connectivity index (χ1n) is 12.5. The molecule has 1 heterocycles. The van der Waals surface area contributed by atoms with Crippen molar-refractivity contribution in [2.45, 2.75) is 53.1 Å². The number of nitrogens with zero attached hydrogens (tertiary/aromatic N) is 3. The van der Waals surface area contributed by atoms with Crippen molar-refractivity contribution in [1.29, 1.82) is 5.26 Å². The van der Waals surface area contributed by atoms with Gasteiger partial charge in [0, 0.05) is 18.1 Å². The number of hydrogen-bond donors (Lipinski definition) is 0. The topological polar surface area (TPSA) is 67.9 Å². The summed E-state index contributed by atoms with van der Waals surface area (Å²) in [6.07, 6.45) is 1.77. The Morgan fingerprint density at radius 2 is 1.81 bits per heavy atom. The molecule has 0 bridgehead atoms. The highest BCUT2D eigenvalue weighted by Gasteiger charge is 2.18. The van der Waals surface area contributed by atoms with Crippen LogP contribution in [0.5, 0.6) is 5.75 Å². The lowest BCUT2D eigenvalue weighted by Crippen LogP contribution is -2.28. The minimum absolute atomic E-state index is 0.151. The van der Waals surface area contributed by atoms with Gasteiger partial charge in [0.05, 0.1) is 29.1 Å². The molecule has 6 heteroatoms. The van der Waals surface area contributed by atoms with Crippen molar-refractivity contribution >= 4 is 0 Å². The second kappa shape index (κ2) is 11.2. The van der Waals surface area contributed by atoms with Crippen molar-refractivity contribution in [3.63, 3.8) is 0 Å². The van der Waals surface area contributed by atoms with Crippen LogP contribution in [0.3, 0.4) is 0 Å². The largest absolute Gasteiger partial charge is 0.488 e. The second-order valence-electron chi connectivity index (χ2n) is 9.29. The van der Waals surface area contributed by atoms with Gasteiger partial charge in [-0.1, -0.05) is 55.8 Å². The van der Waals surface area contributed by atoms with Crippen molar-refractivity contribution in [3.05, 3.63) is 111 Å². The number of ether oxygens (including phenoxy) is 1. The third-order valence-corrected chi connectivity index (χ3v) is 6.15. The molecular weight excluding hydrogens is 465 g/mol. The van der Waals surface area contributed by atoms with E-state index in [0.717, 1.165) is 28.8 Å². The summed E-state index contributed by atoms with van der Waals surface area (Å²) in [6, 6.07) is 22.1. The minimum Gasteiger partial charge on any atom is -0.488 e. The van der Waals surface area contributed by atoms with E-state index in [9.17, 15) is 14.4 Å². The van der Waals surface area contributed by atoms with E-state index in [-0.39, 0.29) is 17.4 Å². The number of hydrogen-bond acceptors (Lipinski definition) is 4. The Morgan fingerprint density at radius 1 is 1.08 bits per heavy atom. The smallest absolute Gasteiger partial charge is 0.261 e. The predicted molar refractivity (Wildman–Crippen MR) is 144 cm³/mol. The molecule has 0 atom stereocenters. The first kappa shape index (κ1) is 25.8. The predicted octanol–water partition coefficient (Wildman–Crippen LogP) is 6.55. The van der Waals surface area contributed by atoms with E-state index >= 15 is 0 Å².